The van der Waals surface area contributed by atoms with Crippen LogP contribution < -0.4 is 5.32 Å². The van der Waals surface area contributed by atoms with Crippen molar-refractivity contribution in [3.05, 3.63) is 29.6 Å². The average molecular weight is 261 g/mol. The van der Waals surface area contributed by atoms with Gasteiger partial charge < -0.3 is 5.32 Å². The molecule has 0 radical (unpaired) electrons. The number of nitrogens with zero attached hydrogens (tertiary/aromatic N) is 2. The van der Waals surface area contributed by atoms with Crippen molar-refractivity contribution in [1.29, 1.82) is 0 Å². The molecule has 1 saturated heterocycles. The van der Waals surface area contributed by atoms with Crippen molar-refractivity contribution < 1.29 is 0 Å². The number of pyridine rings is 1. The van der Waals surface area contributed by atoms with E-state index in [-0.39, 0.29) is 0 Å². The largest absolute Gasteiger partial charge is 0.312 e. The third-order valence-electron chi connectivity index (χ3n) is 4.07. The van der Waals surface area contributed by atoms with Gasteiger partial charge in [-0.2, -0.15) is 0 Å². The topological polar surface area (TPSA) is 28.2 Å². The Balaban J connectivity index is 2.05. The van der Waals surface area contributed by atoms with Gasteiger partial charge >= 0.3 is 0 Å². The van der Waals surface area contributed by atoms with Crippen LogP contribution in [0.25, 0.3) is 0 Å². The van der Waals surface area contributed by atoms with Crippen LogP contribution in [0.15, 0.2) is 18.5 Å². The summed E-state index contributed by atoms with van der Waals surface area (Å²) in [5.41, 5.74) is 3.02. The molecule has 0 saturated carbocycles. The van der Waals surface area contributed by atoms with Gasteiger partial charge in [0, 0.05) is 31.5 Å². The second-order valence-corrected chi connectivity index (χ2v) is 6.76. The first-order valence-electron chi connectivity index (χ1n) is 7.32. The van der Waals surface area contributed by atoms with E-state index in [0.29, 0.717) is 11.5 Å². The molecule has 1 unspecified atom stereocenters. The molecule has 1 aromatic rings. The van der Waals surface area contributed by atoms with Gasteiger partial charge in [-0.15, -0.1) is 0 Å². The normalized spacial score (nSPS) is 22.2. The maximum Gasteiger partial charge on any atom is 0.0315 e. The fourth-order valence-electron chi connectivity index (χ4n) is 2.62. The fourth-order valence-corrected chi connectivity index (χ4v) is 2.62. The molecule has 19 heavy (non-hydrogen) atoms. The Labute approximate surface area is 117 Å². The third-order valence-corrected chi connectivity index (χ3v) is 4.07. The van der Waals surface area contributed by atoms with E-state index in [1.165, 1.54) is 24.1 Å². The average Bonchev–Trinajstić information content (AvgIpc) is 2.57. The number of hydrogen-bond donors (Lipinski definition) is 1. The minimum atomic E-state index is 0.312. The van der Waals surface area contributed by atoms with Gasteiger partial charge in [-0.25, -0.2) is 0 Å². The molecule has 2 heterocycles. The highest BCUT2D eigenvalue weighted by atomic mass is 15.2. The Kier molecular flexibility index (Phi) is 4.58. The van der Waals surface area contributed by atoms with Gasteiger partial charge in [-0.3, -0.25) is 9.88 Å². The van der Waals surface area contributed by atoms with Crippen molar-refractivity contribution in [2.45, 2.75) is 46.7 Å². The summed E-state index contributed by atoms with van der Waals surface area (Å²) in [5.74, 6) is 0. The van der Waals surface area contributed by atoms with Crippen LogP contribution in [0, 0.1) is 12.3 Å². The summed E-state index contributed by atoms with van der Waals surface area (Å²) >= 11 is 0. The molecule has 3 heteroatoms. The molecule has 106 valence electrons. The zero-order chi connectivity index (χ0) is 13.9. The monoisotopic (exact) mass is 261 g/mol. The van der Waals surface area contributed by atoms with Crippen molar-refractivity contribution in [1.82, 2.24) is 15.2 Å². The van der Waals surface area contributed by atoms with Gasteiger partial charge in [0.15, 0.2) is 0 Å². The summed E-state index contributed by atoms with van der Waals surface area (Å²) in [6, 6.07) is 2.67. The van der Waals surface area contributed by atoms with Crippen molar-refractivity contribution in [3.8, 4) is 0 Å². The Hall–Kier alpha value is -0.930. The summed E-state index contributed by atoms with van der Waals surface area (Å²) in [4.78, 5) is 6.83. The number of rotatable bonds is 2. The zero-order valence-electron chi connectivity index (χ0n) is 12.7. The number of aryl methyl sites for hydroxylation is 1. The van der Waals surface area contributed by atoms with E-state index in [4.69, 9.17) is 0 Å². The lowest BCUT2D eigenvalue weighted by Gasteiger charge is -2.33. The van der Waals surface area contributed by atoms with Crippen LogP contribution in [0.5, 0.6) is 0 Å². The summed E-state index contributed by atoms with van der Waals surface area (Å²) in [5, 5.41) is 3.69. The second kappa shape index (κ2) is 6.02. The van der Waals surface area contributed by atoms with Crippen molar-refractivity contribution in [3.63, 3.8) is 0 Å². The minimum absolute atomic E-state index is 0.312. The first-order chi connectivity index (χ1) is 8.97. The molecule has 0 aromatic carbocycles. The highest BCUT2D eigenvalue weighted by Crippen LogP contribution is 2.22. The molecule has 0 amide bonds. The Morgan fingerprint density at radius 1 is 1.42 bits per heavy atom. The maximum absolute atomic E-state index is 4.26. The Morgan fingerprint density at radius 2 is 2.21 bits per heavy atom. The molecule has 1 aliphatic heterocycles. The van der Waals surface area contributed by atoms with Crippen LogP contribution in [-0.4, -0.2) is 35.6 Å². The first kappa shape index (κ1) is 14.5. The summed E-state index contributed by atoms with van der Waals surface area (Å²) < 4.78 is 0. The Bertz CT molecular complexity index is 409. The summed E-state index contributed by atoms with van der Waals surface area (Å²) in [7, 11) is 0. The highest BCUT2D eigenvalue weighted by Gasteiger charge is 2.28. The quantitative estimate of drug-likeness (QED) is 0.887. The van der Waals surface area contributed by atoms with E-state index in [1.54, 1.807) is 0 Å². The lowest BCUT2D eigenvalue weighted by molar-refractivity contribution is 0.192. The molecular formula is C16H27N3. The van der Waals surface area contributed by atoms with E-state index in [0.717, 1.165) is 19.6 Å². The lowest BCUT2D eigenvalue weighted by Crippen LogP contribution is -2.46. The van der Waals surface area contributed by atoms with Gasteiger partial charge in [0.2, 0.25) is 0 Å². The van der Waals surface area contributed by atoms with Crippen LogP contribution in [0.4, 0.5) is 0 Å². The van der Waals surface area contributed by atoms with Crippen LogP contribution in [-0.2, 0) is 6.54 Å². The summed E-state index contributed by atoms with van der Waals surface area (Å²) in [6.07, 6.45) is 5.12. The van der Waals surface area contributed by atoms with Crippen LogP contribution >= 0.6 is 0 Å². The number of aromatic nitrogens is 1. The SMILES string of the molecule is Cc1ccncc1CN1CCCNC(C(C)(C)C)C1. The smallest absolute Gasteiger partial charge is 0.0315 e. The number of hydrogen-bond acceptors (Lipinski definition) is 3. The van der Waals surface area contributed by atoms with Gasteiger partial charge in [0.1, 0.15) is 0 Å². The van der Waals surface area contributed by atoms with E-state index < -0.39 is 0 Å². The molecule has 2 rings (SSSR count). The molecule has 1 aliphatic rings. The van der Waals surface area contributed by atoms with E-state index in [2.05, 4.69) is 49.0 Å². The minimum Gasteiger partial charge on any atom is -0.312 e. The summed E-state index contributed by atoms with van der Waals surface area (Å²) in [6.45, 7) is 13.6. The first-order valence-corrected chi connectivity index (χ1v) is 7.32. The second-order valence-electron chi connectivity index (χ2n) is 6.76. The molecule has 1 fully saturated rings. The molecule has 1 aromatic heterocycles. The molecule has 1 N–H and O–H groups in total. The molecular weight excluding hydrogens is 234 g/mol. The van der Waals surface area contributed by atoms with Crippen molar-refractivity contribution in [2.24, 2.45) is 5.41 Å². The predicted octanol–water partition coefficient (Wildman–Crippen LogP) is 2.60. The molecule has 1 atom stereocenters. The maximum atomic E-state index is 4.26. The van der Waals surface area contributed by atoms with E-state index >= 15 is 0 Å². The molecule has 3 nitrogen and oxygen atoms in total. The molecule has 0 aliphatic carbocycles. The van der Waals surface area contributed by atoms with Gasteiger partial charge in [-0.1, -0.05) is 20.8 Å². The van der Waals surface area contributed by atoms with Gasteiger partial charge in [0.05, 0.1) is 0 Å². The van der Waals surface area contributed by atoms with Gasteiger partial charge in [0.25, 0.3) is 0 Å². The van der Waals surface area contributed by atoms with Crippen LogP contribution in [0.1, 0.15) is 38.3 Å². The van der Waals surface area contributed by atoms with Gasteiger partial charge in [-0.05, 0) is 49.0 Å². The molecule has 0 bridgehead atoms. The zero-order valence-corrected chi connectivity index (χ0v) is 12.7. The Morgan fingerprint density at radius 3 is 2.89 bits per heavy atom. The standard InChI is InChI=1S/C16H27N3/c1-13-6-8-17-10-14(13)11-19-9-5-7-18-15(12-19)16(2,3)4/h6,8,10,15,18H,5,7,9,11-12H2,1-4H3. The van der Waals surface area contributed by atoms with E-state index in [1.807, 2.05) is 12.4 Å². The predicted molar refractivity (Wildman–Crippen MR) is 80.1 cm³/mol. The third kappa shape index (κ3) is 4.02. The van der Waals surface area contributed by atoms with E-state index in [9.17, 15) is 0 Å². The van der Waals surface area contributed by atoms with Crippen molar-refractivity contribution >= 4 is 0 Å². The molecule has 0 spiro atoms. The lowest BCUT2D eigenvalue weighted by atomic mass is 9.86. The number of nitrogens with one attached hydrogen (secondary N) is 1. The van der Waals surface area contributed by atoms with Crippen LogP contribution in [0.3, 0.4) is 0 Å². The fraction of sp³-hybridized carbons (Fsp3) is 0.688. The van der Waals surface area contributed by atoms with Crippen molar-refractivity contribution in [2.75, 3.05) is 19.6 Å². The highest BCUT2D eigenvalue weighted by molar-refractivity contribution is 5.21. The van der Waals surface area contributed by atoms with Crippen LogP contribution in [0.2, 0.25) is 0 Å².